The monoisotopic (exact) mass is 289 g/mol. The van der Waals surface area contributed by atoms with Crippen LogP contribution in [-0.4, -0.2) is 12.5 Å². The fraction of sp³-hybridized carbons (Fsp3) is 0.947. The summed E-state index contributed by atoms with van der Waals surface area (Å²) >= 11 is 0. The van der Waals surface area contributed by atoms with E-state index in [2.05, 4.69) is 5.32 Å². The van der Waals surface area contributed by atoms with Crippen molar-refractivity contribution in [3.8, 4) is 0 Å². The molecule has 0 unspecified atom stereocenters. The third kappa shape index (κ3) is 3.00. The minimum atomic E-state index is 0.326. The minimum absolute atomic E-state index is 0.326. The molecule has 0 aromatic rings. The van der Waals surface area contributed by atoms with E-state index >= 15 is 0 Å². The van der Waals surface area contributed by atoms with Gasteiger partial charge in [0.2, 0.25) is 5.91 Å². The number of carbonyl (C=O) groups excluding carboxylic acids is 1. The van der Waals surface area contributed by atoms with Gasteiger partial charge in [-0.25, -0.2) is 0 Å². The number of hydrogen-bond donors (Lipinski definition) is 1. The van der Waals surface area contributed by atoms with Gasteiger partial charge in [0, 0.05) is 13.0 Å². The van der Waals surface area contributed by atoms with Gasteiger partial charge in [0.1, 0.15) is 0 Å². The second-order valence-corrected chi connectivity index (χ2v) is 8.87. The second-order valence-electron chi connectivity index (χ2n) is 8.87. The van der Waals surface area contributed by atoms with Crippen LogP contribution < -0.4 is 5.32 Å². The van der Waals surface area contributed by atoms with E-state index in [1.165, 1.54) is 70.6 Å². The summed E-state index contributed by atoms with van der Waals surface area (Å²) < 4.78 is 0. The zero-order valence-electron chi connectivity index (χ0n) is 13.4. The molecule has 0 aliphatic heterocycles. The van der Waals surface area contributed by atoms with Crippen LogP contribution in [-0.2, 0) is 4.79 Å². The fourth-order valence-corrected chi connectivity index (χ4v) is 6.61. The van der Waals surface area contributed by atoms with Crippen LogP contribution in [0.5, 0.6) is 0 Å². The normalized spacial score (nSPS) is 41.6. The summed E-state index contributed by atoms with van der Waals surface area (Å²) in [6.07, 6.45) is 16.3. The number of amides is 1. The van der Waals surface area contributed by atoms with Crippen molar-refractivity contribution in [2.45, 2.75) is 77.0 Å². The van der Waals surface area contributed by atoms with Crippen molar-refractivity contribution in [2.75, 3.05) is 6.54 Å². The molecular weight excluding hydrogens is 258 g/mol. The van der Waals surface area contributed by atoms with Crippen molar-refractivity contribution in [1.29, 1.82) is 0 Å². The minimum Gasteiger partial charge on any atom is -0.356 e. The third-order valence-electron chi connectivity index (χ3n) is 7.09. The summed E-state index contributed by atoms with van der Waals surface area (Å²) in [6, 6.07) is 0. The van der Waals surface area contributed by atoms with Crippen LogP contribution in [0, 0.1) is 29.1 Å². The van der Waals surface area contributed by atoms with Gasteiger partial charge < -0.3 is 5.32 Å². The first kappa shape index (κ1) is 14.1. The molecule has 118 valence electrons. The molecule has 0 aromatic carbocycles. The van der Waals surface area contributed by atoms with Crippen LogP contribution in [0.3, 0.4) is 0 Å². The van der Waals surface area contributed by atoms with Crippen LogP contribution in [0.2, 0.25) is 0 Å². The van der Waals surface area contributed by atoms with E-state index in [-0.39, 0.29) is 0 Å². The van der Waals surface area contributed by atoms with Crippen LogP contribution in [0.1, 0.15) is 77.0 Å². The molecule has 1 N–H and O–H groups in total. The van der Waals surface area contributed by atoms with E-state index in [1.54, 1.807) is 0 Å². The quantitative estimate of drug-likeness (QED) is 0.803. The van der Waals surface area contributed by atoms with E-state index < -0.39 is 0 Å². The molecule has 5 rings (SSSR count). The molecule has 0 atom stereocenters. The average molecular weight is 289 g/mol. The summed E-state index contributed by atoms with van der Waals surface area (Å²) in [7, 11) is 0. The first-order valence-electron chi connectivity index (χ1n) is 9.47. The van der Waals surface area contributed by atoms with Crippen LogP contribution in [0.4, 0.5) is 0 Å². The van der Waals surface area contributed by atoms with Gasteiger partial charge in [-0.3, -0.25) is 4.79 Å². The van der Waals surface area contributed by atoms with Gasteiger partial charge in [-0.2, -0.15) is 0 Å². The Morgan fingerprint density at radius 2 is 1.52 bits per heavy atom. The molecule has 0 aromatic heterocycles. The molecule has 1 amide bonds. The Morgan fingerprint density at radius 1 is 0.952 bits per heavy atom. The van der Waals surface area contributed by atoms with E-state index in [9.17, 15) is 4.79 Å². The van der Waals surface area contributed by atoms with Crippen molar-refractivity contribution in [2.24, 2.45) is 29.1 Å². The lowest BCUT2D eigenvalue weighted by atomic mass is 9.49. The molecule has 21 heavy (non-hydrogen) atoms. The first-order valence-corrected chi connectivity index (χ1v) is 9.47. The predicted molar refractivity (Wildman–Crippen MR) is 84.8 cm³/mol. The van der Waals surface area contributed by atoms with Crippen molar-refractivity contribution >= 4 is 5.91 Å². The molecule has 0 spiro atoms. The molecule has 5 fully saturated rings. The molecule has 0 heterocycles. The highest BCUT2D eigenvalue weighted by atomic mass is 16.1. The van der Waals surface area contributed by atoms with Gasteiger partial charge >= 0.3 is 0 Å². The van der Waals surface area contributed by atoms with E-state index in [0.29, 0.717) is 17.2 Å². The Kier molecular flexibility index (Phi) is 3.75. The van der Waals surface area contributed by atoms with Gasteiger partial charge in [0.25, 0.3) is 0 Å². The van der Waals surface area contributed by atoms with E-state index in [1.807, 2.05) is 0 Å². The van der Waals surface area contributed by atoms with E-state index in [0.717, 1.165) is 30.7 Å². The highest BCUT2D eigenvalue weighted by molar-refractivity contribution is 5.76. The van der Waals surface area contributed by atoms with Crippen molar-refractivity contribution < 1.29 is 4.79 Å². The summed E-state index contributed by atoms with van der Waals surface area (Å²) in [5.74, 6) is 4.11. The standard InChI is InChI=1S/C19H31NO/c21-18(10-14-3-1-2-4-14)20-6-5-19-11-15-7-16(12-19)9-17(8-15)13-19/h14-17H,1-13H2,(H,20,21). The molecule has 2 heteroatoms. The molecule has 0 radical (unpaired) electrons. The molecule has 2 nitrogen and oxygen atoms in total. The number of rotatable bonds is 5. The molecule has 0 saturated heterocycles. The maximum atomic E-state index is 12.1. The lowest BCUT2D eigenvalue weighted by Gasteiger charge is -2.57. The lowest BCUT2D eigenvalue weighted by molar-refractivity contribution is -0.122. The number of hydrogen-bond acceptors (Lipinski definition) is 1. The summed E-state index contributed by atoms with van der Waals surface area (Å²) in [4.78, 5) is 12.1. The van der Waals surface area contributed by atoms with Crippen LogP contribution in [0.25, 0.3) is 0 Å². The molecular formula is C19H31NO. The largest absolute Gasteiger partial charge is 0.356 e. The molecule has 5 aliphatic carbocycles. The van der Waals surface area contributed by atoms with Gasteiger partial charge in [-0.15, -0.1) is 0 Å². The summed E-state index contributed by atoms with van der Waals surface area (Å²) in [5.41, 5.74) is 0.620. The third-order valence-corrected chi connectivity index (χ3v) is 7.09. The number of nitrogens with one attached hydrogen (secondary N) is 1. The predicted octanol–water partition coefficient (Wildman–Crippen LogP) is 4.29. The Hall–Kier alpha value is -0.530. The molecule has 5 aliphatic rings. The SMILES string of the molecule is O=C(CC1CCCC1)NCCC12CC3CC(CC(C3)C1)C2. The summed E-state index contributed by atoms with van der Waals surface area (Å²) in [6.45, 7) is 0.942. The zero-order chi connectivity index (χ0) is 14.3. The maximum absolute atomic E-state index is 12.1. The average Bonchev–Trinajstić information content (AvgIpc) is 2.89. The maximum Gasteiger partial charge on any atom is 0.220 e. The number of carbonyl (C=O) groups is 1. The summed E-state index contributed by atoms with van der Waals surface area (Å²) in [5, 5.41) is 3.25. The van der Waals surface area contributed by atoms with Crippen LogP contribution >= 0.6 is 0 Å². The van der Waals surface area contributed by atoms with Gasteiger partial charge in [-0.1, -0.05) is 12.8 Å². The zero-order valence-corrected chi connectivity index (χ0v) is 13.4. The Morgan fingerprint density at radius 3 is 2.10 bits per heavy atom. The Bertz CT molecular complexity index is 361. The van der Waals surface area contributed by atoms with Gasteiger partial charge in [-0.05, 0) is 86.9 Å². The van der Waals surface area contributed by atoms with Crippen molar-refractivity contribution in [1.82, 2.24) is 5.32 Å². The smallest absolute Gasteiger partial charge is 0.220 e. The fourth-order valence-electron chi connectivity index (χ4n) is 6.61. The Labute approximate surface area is 129 Å². The van der Waals surface area contributed by atoms with E-state index in [4.69, 9.17) is 0 Å². The second kappa shape index (κ2) is 5.59. The van der Waals surface area contributed by atoms with Gasteiger partial charge in [0.15, 0.2) is 0 Å². The topological polar surface area (TPSA) is 29.1 Å². The highest BCUT2D eigenvalue weighted by Gasteiger charge is 2.50. The Balaban J connectivity index is 1.24. The van der Waals surface area contributed by atoms with Crippen molar-refractivity contribution in [3.05, 3.63) is 0 Å². The molecule has 4 bridgehead atoms. The van der Waals surface area contributed by atoms with Gasteiger partial charge in [0.05, 0.1) is 0 Å². The lowest BCUT2D eigenvalue weighted by Crippen LogP contribution is -2.47. The highest BCUT2D eigenvalue weighted by Crippen LogP contribution is 2.61. The molecule has 5 saturated carbocycles. The van der Waals surface area contributed by atoms with Crippen molar-refractivity contribution in [3.63, 3.8) is 0 Å². The first-order chi connectivity index (χ1) is 10.2. The van der Waals surface area contributed by atoms with Crippen LogP contribution in [0.15, 0.2) is 0 Å².